The number of hydrogen-bond donors (Lipinski definition) is 1. The molecule has 1 spiro atoms. The maximum atomic E-state index is 12.1. The van der Waals surface area contributed by atoms with Crippen LogP contribution in [0.1, 0.15) is 37.7 Å². The summed E-state index contributed by atoms with van der Waals surface area (Å²) >= 11 is 0. The van der Waals surface area contributed by atoms with E-state index in [9.17, 15) is 4.79 Å². The molecule has 0 bridgehead atoms. The van der Waals surface area contributed by atoms with Gasteiger partial charge in [0.15, 0.2) is 0 Å². The topological polar surface area (TPSA) is 61.9 Å². The first-order valence-corrected chi connectivity index (χ1v) is 10.1. The maximum Gasteiger partial charge on any atom is 0.251 e. The minimum Gasteiger partial charge on any atom is -0.306 e. The highest BCUT2D eigenvalue weighted by Gasteiger charge is 2.48. The fraction of sp³-hybridized carbons (Fsp3) is 0.348. The third kappa shape index (κ3) is 3.38. The molecule has 28 heavy (non-hydrogen) atoms. The van der Waals surface area contributed by atoms with Crippen molar-refractivity contribution < 1.29 is 0 Å². The van der Waals surface area contributed by atoms with Gasteiger partial charge < -0.3 is 4.98 Å². The molecule has 1 N–H and O–H groups in total. The molecular formula is C23H24N4O. The van der Waals surface area contributed by atoms with Crippen LogP contribution >= 0.6 is 0 Å². The number of likely N-dealkylation sites (tertiary alicyclic amines) is 1. The second-order valence-corrected chi connectivity index (χ2v) is 8.02. The molecule has 2 aliphatic rings. The van der Waals surface area contributed by atoms with Crippen molar-refractivity contribution in [3.8, 4) is 22.6 Å². The lowest BCUT2D eigenvalue weighted by molar-refractivity contribution is 0.121. The molecule has 5 nitrogen and oxygen atoms in total. The Kier molecular flexibility index (Phi) is 4.32. The van der Waals surface area contributed by atoms with Crippen LogP contribution in [0, 0.1) is 0 Å². The average molecular weight is 372 g/mol. The number of pyridine rings is 1. The molecule has 1 aliphatic carbocycles. The van der Waals surface area contributed by atoms with E-state index in [-0.39, 0.29) is 5.56 Å². The van der Waals surface area contributed by atoms with Gasteiger partial charge in [0, 0.05) is 41.7 Å². The van der Waals surface area contributed by atoms with Crippen LogP contribution in [0.15, 0.2) is 59.7 Å². The highest BCUT2D eigenvalue weighted by molar-refractivity contribution is 5.63. The minimum absolute atomic E-state index is 0.148. The van der Waals surface area contributed by atoms with E-state index in [0.29, 0.717) is 17.1 Å². The first-order chi connectivity index (χ1) is 13.7. The second kappa shape index (κ2) is 6.99. The summed E-state index contributed by atoms with van der Waals surface area (Å²) in [7, 11) is 0. The zero-order chi connectivity index (χ0) is 19.0. The first-order valence-electron chi connectivity index (χ1n) is 10.1. The molecule has 2 fully saturated rings. The first kappa shape index (κ1) is 17.3. The molecule has 2 aromatic heterocycles. The highest BCUT2D eigenvalue weighted by atomic mass is 16.1. The zero-order valence-electron chi connectivity index (χ0n) is 15.9. The number of aromatic amines is 1. The largest absolute Gasteiger partial charge is 0.306 e. The van der Waals surface area contributed by atoms with Crippen LogP contribution in [0.25, 0.3) is 22.6 Å². The number of aromatic nitrogens is 3. The molecule has 5 heteroatoms. The van der Waals surface area contributed by atoms with Crippen molar-refractivity contribution in [2.75, 3.05) is 6.54 Å². The van der Waals surface area contributed by atoms with Gasteiger partial charge in [-0.2, -0.15) is 0 Å². The maximum absolute atomic E-state index is 12.1. The molecule has 142 valence electrons. The summed E-state index contributed by atoms with van der Waals surface area (Å²) in [6.07, 6.45) is 10.2. The molecular weight excluding hydrogens is 348 g/mol. The Morgan fingerprint density at radius 3 is 2.50 bits per heavy atom. The van der Waals surface area contributed by atoms with Gasteiger partial charge in [-0.15, -0.1) is 0 Å². The van der Waals surface area contributed by atoms with Gasteiger partial charge in [0.25, 0.3) is 5.56 Å². The Morgan fingerprint density at radius 1 is 0.964 bits per heavy atom. The minimum atomic E-state index is -0.148. The number of benzene rings is 1. The smallest absolute Gasteiger partial charge is 0.251 e. The predicted octanol–water partition coefficient (Wildman–Crippen LogP) is 4.02. The summed E-state index contributed by atoms with van der Waals surface area (Å²) in [5.41, 5.74) is 4.15. The standard InChI is InChI=1S/C23H24N4O/c28-21-15-20(18-7-12-24-13-8-18)25-22(26-21)19-5-3-17(4-6-19)16-27-14-2-1-9-23(27)10-11-23/h3-8,12-13,15H,1-2,9-11,14,16H2,(H,25,26,28). The molecule has 0 atom stereocenters. The number of piperidine rings is 1. The Morgan fingerprint density at radius 2 is 1.75 bits per heavy atom. The molecule has 3 heterocycles. The zero-order valence-corrected chi connectivity index (χ0v) is 15.9. The van der Waals surface area contributed by atoms with Crippen LogP contribution in [0.4, 0.5) is 0 Å². The van der Waals surface area contributed by atoms with Crippen molar-refractivity contribution in [1.29, 1.82) is 0 Å². The summed E-state index contributed by atoms with van der Waals surface area (Å²) in [4.78, 5) is 26.4. The Hall–Kier alpha value is -2.79. The van der Waals surface area contributed by atoms with Gasteiger partial charge in [-0.05, 0) is 49.9 Å². The van der Waals surface area contributed by atoms with Crippen molar-refractivity contribution in [3.05, 3.63) is 70.8 Å². The number of nitrogens with zero attached hydrogens (tertiary/aromatic N) is 3. The van der Waals surface area contributed by atoms with Crippen LogP contribution in [-0.4, -0.2) is 31.9 Å². The molecule has 1 aromatic carbocycles. The van der Waals surface area contributed by atoms with Crippen molar-refractivity contribution >= 4 is 0 Å². The van der Waals surface area contributed by atoms with Crippen molar-refractivity contribution in [2.24, 2.45) is 0 Å². The fourth-order valence-electron chi connectivity index (χ4n) is 4.36. The van der Waals surface area contributed by atoms with E-state index < -0.39 is 0 Å². The highest BCUT2D eigenvalue weighted by Crippen LogP contribution is 2.48. The van der Waals surface area contributed by atoms with Crippen molar-refractivity contribution in [3.63, 3.8) is 0 Å². The van der Waals surface area contributed by atoms with Gasteiger partial charge in [-0.1, -0.05) is 30.7 Å². The van der Waals surface area contributed by atoms with E-state index in [1.807, 2.05) is 12.1 Å². The Labute approximate surface area is 164 Å². The van der Waals surface area contributed by atoms with E-state index in [4.69, 9.17) is 0 Å². The van der Waals surface area contributed by atoms with E-state index >= 15 is 0 Å². The van der Waals surface area contributed by atoms with Crippen molar-refractivity contribution in [2.45, 2.75) is 44.2 Å². The molecule has 0 unspecified atom stereocenters. The summed E-state index contributed by atoms with van der Waals surface area (Å²) in [6, 6.07) is 13.7. The average Bonchev–Trinajstić information content (AvgIpc) is 3.51. The van der Waals surface area contributed by atoms with Crippen LogP contribution in [0.5, 0.6) is 0 Å². The number of hydrogen-bond acceptors (Lipinski definition) is 4. The summed E-state index contributed by atoms with van der Waals surface area (Å²) in [5.74, 6) is 0.600. The van der Waals surface area contributed by atoms with E-state index in [0.717, 1.165) is 17.7 Å². The third-order valence-electron chi connectivity index (χ3n) is 6.14. The van der Waals surface area contributed by atoms with Crippen LogP contribution < -0.4 is 5.56 Å². The van der Waals surface area contributed by atoms with Crippen LogP contribution in [0.3, 0.4) is 0 Å². The van der Waals surface area contributed by atoms with Gasteiger partial charge in [-0.3, -0.25) is 14.7 Å². The predicted molar refractivity (Wildman–Crippen MR) is 110 cm³/mol. The van der Waals surface area contributed by atoms with Crippen molar-refractivity contribution in [1.82, 2.24) is 19.9 Å². The molecule has 5 rings (SSSR count). The van der Waals surface area contributed by atoms with E-state index in [1.165, 1.54) is 50.3 Å². The van der Waals surface area contributed by atoms with E-state index in [2.05, 4.69) is 44.1 Å². The number of H-pyrrole nitrogens is 1. The number of nitrogens with one attached hydrogen (secondary N) is 1. The van der Waals surface area contributed by atoms with E-state index in [1.54, 1.807) is 12.4 Å². The molecule has 1 saturated carbocycles. The van der Waals surface area contributed by atoms with Gasteiger partial charge in [0.05, 0.1) is 5.69 Å². The Bertz CT molecular complexity index is 1020. The van der Waals surface area contributed by atoms with Gasteiger partial charge in [0.1, 0.15) is 5.82 Å². The lowest BCUT2D eigenvalue weighted by Gasteiger charge is -2.36. The molecule has 1 aliphatic heterocycles. The summed E-state index contributed by atoms with van der Waals surface area (Å²) in [6.45, 7) is 2.23. The monoisotopic (exact) mass is 372 g/mol. The quantitative estimate of drug-likeness (QED) is 0.751. The molecule has 0 radical (unpaired) electrons. The van der Waals surface area contributed by atoms with Gasteiger partial charge in [-0.25, -0.2) is 4.98 Å². The SMILES string of the molecule is O=c1cc(-c2ccncc2)nc(-c2ccc(CN3CCCCC34CC4)cc2)[nH]1. The Balaban J connectivity index is 1.39. The normalized spacial score (nSPS) is 18.3. The summed E-state index contributed by atoms with van der Waals surface area (Å²) in [5, 5.41) is 0. The second-order valence-electron chi connectivity index (χ2n) is 8.02. The molecule has 3 aromatic rings. The van der Waals surface area contributed by atoms with Gasteiger partial charge >= 0.3 is 0 Å². The van der Waals surface area contributed by atoms with Crippen LogP contribution in [0.2, 0.25) is 0 Å². The lowest BCUT2D eigenvalue weighted by Crippen LogP contribution is -2.40. The number of rotatable bonds is 4. The third-order valence-corrected chi connectivity index (χ3v) is 6.14. The van der Waals surface area contributed by atoms with Gasteiger partial charge in [0.2, 0.25) is 0 Å². The molecule has 0 amide bonds. The van der Waals surface area contributed by atoms with Crippen LogP contribution in [-0.2, 0) is 6.54 Å². The lowest BCUT2D eigenvalue weighted by atomic mass is 9.99. The fourth-order valence-corrected chi connectivity index (χ4v) is 4.36. The summed E-state index contributed by atoms with van der Waals surface area (Å²) < 4.78 is 0. The molecule has 1 saturated heterocycles.